The quantitative estimate of drug-likeness (QED) is 0.858. The van der Waals surface area contributed by atoms with Crippen LogP contribution in [0.25, 0.3) is 0 Å². The van der Waals surface area contributed by atoms with E-state index in [-0.39, 0.29) is 5.91 Å². The van der Waals surface area contributed by atoms with Gasteiger partial charge in [0, 0.05) is 25.5 Å². The van der Waals surface area contributed by atoms with Crippen LogP contribution < -0.4 is 10.1 Å². The summed E-state index contributed by atoms with van der Waals surface area (Å²) in [6.45, 7) is 2.28. The molecule has 1 amide bonds. The minimum absolute atomic E-state index is 0.0248. The average molecular weight is 363 g/mol. The van der Waals surface area contributed by atoms with Gasteiger partial charge in [-0.15, -0.1) is 0 Å². The van der Waals surface area contributed by atoms with Gasteiger partial charge < -0.3 is 10.1 Å². The molecule has 1 saturated heterocycles. The second-order valence-electron chi connectivity index (χ2n) is 6.51. The van der Waals surface area contributed by atoms with E-state index in [2.05, 4.69) is 21.5 Å². The van der Waals surface area contributed by atoms with Crippen LogP contribution in [0.2, 0.25) is 5.02 Å². The van der Waals surface area contributed by atoms with E-state index < -0.39 is 0 Å². The van der Waals surface area contributed by atoms with Crippen LogP contribution in [0.1, 0.15) is 12.0 Å². The maximum absolute atomic E-state index is 12.3. The summed E-state index contributed by atoms with van der Waals surface area (Å²) >= 11 is 6.09. The molecule has 1 aromatic carbocycles. The highest BCUT2D eigenvalue weighted by molar-refractivity contribution is 6.32. The Morgan fingerprint density at radius 1 is 1.48 bits per heavy atom. The molecule has 0 radical (unpaired) electrons. The van der Waals surface area contributed by atoms with Gasteiger partial charge in [-0.25, -0.2) is 0 Å². The number of aryl methyl sites for hydroxylation is 1. The fourth-order valence-corrected chi connectivity index (χ4v) is 3.54. The first-order valence-electron chi connectivity index (χ1n) is 8.37. The van der Waals surface area contributed by atoms with Crippen LogP contribution in [0.3, 0.4) is 0 Å². The molecule has 0 spiro atoms. The first kappa shape index (κ1) is 17.8. The molecule has 25 heavy (non-hydrogen) atoms. The van der Waals surface area contributed by atoms with Gasteiger partial charge in [0.25, 0.3) is 0 Å². The number of anilines is 1. The van der Waals surface area contributed by atoms with Crippen molar-refractivity contribution in [3.63, 3.8) is 0 Å². The molecule has 0 aliphatic carbocycles. The lowest BCUT2D eigenvalue weighted by Crippen LogP contribution is -2.31. The minimum atomic E-state index is -0.0248. The van der Waals surface area contributed by atoms with Gasteiger partial charge in [-0.1, -0.05) is 11.6 Å². The smallest absolute Gasteiger partial charge is 0.238 e. The number of benzene rings is 1. The Balaban J connectivity index is 1.48. The molecule has 3 rings (SSSR count). The fraction of sp³-hybridized carbons (Fsp3) is 0.444. The highest BCUT2D eigenvalue weighted by Crippen LogP contribution is 2.27. The molecule has 1 aliphatic heterocycles. The molecule has 1 N–H and O–H groups in total. The number of hydrogen-bond acceptors (Lipinski definition) is 4. The summed E-state index contributed by atoms with van der Waals surface area (Å²) in [5.74, 6) is 1.15. The van der Waals surface area contributed by atoms with Crippen molar-refractivity contribution < 1.29 is 9.53 Å². The van der Waals surface area contributed by atoms with E-state index in [0.29, 0.717) is 28.9 Å². The first-order chi connectivity index (χ1) is 12.0. The van der Waals surface area contributed by atoms with Crippen LogP contribution >= 0.6 is 11.6 Å². The summed E-state index contributed by atoms with van der Waals surface area (Å²) in [6, 6.07) is 5.24. The second kappa shape index (κ2) is 7.89. The number of nitrogens with one attached hydrogen (secondary N) is 1. The molecule has 134 valence electrons. The van der Waals surface area contributed by atoms with Crippen LogP contribution in [0.4, 0.5) is 5.69 Å². The van der Waals surface area contributed by atoms with Crippen molar-refractivity contribution in [2.75, 3.05) is 32.1 Å². The average Bonchev–Trinajstić information content (AvgIpc) is 3.17. The van der Waals surface area contributed by atoms with E-state index in [9.17, 15) is 4.79 Å². The summed E-state index contributed by atoms with van der Waals surface area (Å²) in [6.07, 6.45) is 6.10. The Kier molecular flexibility index (Phi) is 5.60. The van der Waals surface area contributed by atoms with E-state index in [1.165, 1.54) is 5.56 Å². The van der Waals surface area contributed by atoms with Gasteiger partial charge in [0.15, 0.2) is 0 Å². The van der Waals surface area contributed by atoms with Crippen molar-refractivity contribution in [3.8, 4) is 5.75 Å². The number of ether oxygens (including phenoxy) is 1. The van der Waals surface area contributed by atoms with Crippen LogP contribution in [-0.2, 0) is 18.3 Å². The topological polar surface area (TPSA) is 59.4 Å². The predicted molar refractivity (Wildman–Crippen MR) is 98.1 cm³/mol. The highest BCUT2D eigenvalue weighted by atomic mass is 35.5. The normalized spacial score (nSPS) is 17.6. The molecule has 1 aliphatic rings. The number of amides is 1. The molecule has 0 saturated carbocycles. The summed E-state index contributed by atoms with van der Waals surface area (Å²) in [4.78, 5) is 14.5. The zero-order valence-corrected chi connectivity index (χ0v) is 15.3. The van der Waals surface area contributed by atoms with Crippen molar-refractivity contribution in [1.82, 2.24) is 14.7 Å². The van der Waals surface area contributed by atoms with Crippen molar-refractivity contribution in [2.45, 2.75) is 12.8 Å². The Morgan fingerprint density at radius 3 is 3.00 bits per heavy atom. The number of methoxy groups -OCH3 is 1. The molecular weight excluding hydrogens is 340 g/mol. The summed E-state index contributed by atoms with van der Waals surface area (Å²) in [5, 5.41) is 7.59. The summed E-state index contributed by atoms with van der Waals surface area (Å²) in [7, 11) is 3.50. The Morgan fingerprint density at radius 2 is 2.32 bits per heavy atom. The molecule has 2 heterocycles. The summed E-state index contributed by atoms with van der Waals surface area (Å²) < 4.78 is 6.94. The van der Waals surface area contributed by atoms with Crippen molar-refractivity contribution in [1.29, 1.82) is 0 Å². The van der Waals surface area contributed by atoms with Gasteiger partial charge in [-0.3, -0.25) is 14.4 Å². The standard InChI is InChI=1S/C18H23ClN4O2/c1-22-10-14(9-20-22)7-13-5-6-23(11-13)12-18(24)21-15-3-4-17(25-2)16(19)8-15/h3-4,8-10,13H,5-7,11-12H2,1-2H3,(H,21,24). The number of carbonyl (C=O) groups excluding carboxylic acids is 1. The van der Waals surface area contributed by atoms with Crippen LogP contribution in [-0.4, -0.2) is 47.3 Å². The van der Waals surface area contributed by atoms with Crippen LogP contribution in [0.5, 0.6) is 5.75 Å². The van der Waals surface area contributed by atoms with E-state index in [0.717, 1.165) is 25.9 Å². The lowest BCUT2D eigenvalue weighted by atomic mass is 10.0. The number of nitrogens with zero attached hydrogens (tertiary/aromatic N) is 3. The van der Waals surface area contributed by atoms with Crippen LogP contribution in [0, 0.1) is 5.92 Å². The number of likely N-dealkylation sites (tertiary alicyclic amines) is 1. The van der Waals surface area contributed by atoms with Crippen molar-refractivity contribution in [2.24, 2.45) is 13.0 Å². The van der Waals surface area contributed by atoms with E-state index in [1.807, 2.05) is 17.9 Å². The van der Waals surface area contributed by atoms with Gasteiger partial charge in [-0.2, -0.15) is 5.10 Å². The predicted octanol–water partition coefficient (Wildman–Crippen LogP) is 2.59. The number of aromatic nitrogens is 2. The van der Waals surface area contributed by atoms with Crippen LogP contribution in [0.15, 0.2) is 30.6 Å². The molecule has 1 unspecified atom stereocenters. The Bertz CT molecular complexity index is 746. The Labute approximate surface area is 152 Å². The zero-order chi connectivity index (χ0) is 17.8. The second-order valence-corrected chi connectivity index (χ2v) is 6.92. The number of rotatable bonds is 6. The summed E-state index contributed by atoms with van der Waals surface area (Å²) in [5.41, 5.74) is 1.94. The molecule has 7 heteroatoms. The monoisotopic (exact) mass is 362 g/mol. The molecule has 1 fully saturated rings. The number of carbonyl (C=O) groups is 1. The third-order valence-electron chi connectivity index (χ3n) is 4.46. The SMILES string of the molecule is COc1ccc(NC(=O)CN2CCC(Cc3cnn(C)c3)C2)cc1Cl. The molecular formula is C18H23ClN4O2. The largest absolute Gasteiger partial charge is 0.495 e. The van der Waals surface area contributed by atoms with Crippen molar-refractivity contribution >= 4 is 23.2 Å². The maximum Gasteiger partial charge on any atom is 0.238 e. The van der Waals surface area contributed by atoms with Gasteiger partial charge in [0.2, 0.25) is 5.91 Å². The zero-order valence-electron chi connectivity index (χ0n) is 14.5. The number of halogens is 1. The third-order valence-corrected chi connectivity index (χ3v) is 4.75. The third kappa shape index (κ3) is 4.74. The van der Waals surface area contributed by atoms with Gasteiger partial charge >= 0.3 is 0 Å². The van der Waals surface area contributed by atoms with E-state index in [1.54, 1.807) is 25.3 Å². The minimum Gasteiger partial charge on any atom is -0.495 e. The Hall–Kier alpha value is -2.05. The van der Waals surface area contributed by atoms with Gasteiger partial charge in [-0.05, 0) is 49.1 Å². The molecule has 1 aromatic heterocycles. The van der Waals surface area contributed by atoms with Gasteiger partial charge in [0.05, 0.1) is 24.9 Å². The first-order valence-corrected chi connectivity index (χ1v) is 8.74. The molecule has 6 nitrogen and oxygen atoms in total. The molecule has 0 bridgehead atoms. The lowest BCUT2D eigenvalue weighted by molar-refractivity contribution is -0.117. The molecule has 2 aromatic rings. The van der Waals surface area contributed by atoms with E-state index in [4.69, 9.17) is 16.3 Å². The fourth-order valence-electron chi connectivity index (χ4n) is 3.28. The molecule has 1 atom stereocenters. The van der Waals surface area contributed by atoms with Crippen molar-refractivity contribution in [3.05, 3.63) is 41.2 Å². The van der Waals surface area contributed by atoms with Gasteiger partial charge in [0.1, 0.15) is 5.75 Å². The van der Waals surface area contributed by atoms with E-state index >= 15 is 0 Å². The number of hydrogen-bond donors (Lipinski definition) is 1. The lowest BCUT2D eigenvalue weighted by Gasteiger charge is -2.16. The maximum atomic E-state index is 12.3. The highest BCUT2D eigenvalue weighted by Gasteiger charge is 2.24.